The molecule has 0 saturated heterocycles. The van der Waals surface area contributed by atoms with E-state index < -0.39 is 6.10 Å². The van der Waals surface area contributed by atoms with E-state index in [1.807, 2.05) is 31.2 Å². The van der Waals surface area contributed by atoms with E-state index in [-0.39, 0.29) is 18.3 Å². The number of nitrogens with one attached hydrogen (secondary N) is 1. The third-order valence-electron chi connectivity index (χ3n) is 4.20. The highest BCUT2D eigenvalue weighted by molar-refractivity contribution is 5.80. The molecule has 3 aromatic rings. The molecule has 1 aromatic heterocycles. The number of benzene rings is 2. The molecule has 3 rings (SSSR count). The van der Waals surface area contributed by atoms with Crippen molar-refractivity contribution in [3.8, 4) is 28.6 Å². The van der Waals surface area contributed by atoms with E-state index in [1.165, 1.54) is 0 Å². The summed E-state index contributed by atoms with van der Waals surface area (Å²) >= 11 is 0. The Labute approximate surface area is 168 Å². The van der Waals surface area contributed by atoms with Crippen LogP contribution < -0.4 is 19.5 Å². The monoisotopic (exact) mass is 397 g/mol. The maximum Gasteiger partial charge on any atom is 0.261 e. The first-order chi connectivity index (χ1) is 14.0. The minimum Gasteiger partial charge on any atom is -0.493 e. The molecule has 0 aliphatic rings. The number of aromatic nitrogens is 2. The minimum absolute atomic E-state index is 0.0979. The molecule has 1 heterocycles. The summed E-state index contributed by atoms with van der Waals surface area (Å²) in [5.74, 6) is 2.20. The van der Waals surface area contributed by atoms with E-state index in [1.54, 1.807) is 39.3 Å². The van der Waals surface area contributed by atoms with Crippen LogP contribution in [0.1, 0.15) is 18.4 Å². The second-order valence-corrected chi connectivity index (χ2v) is 6.38. The summed E-state index contributed by atoms with van der Waals surface area (Å²) in [6, 6.07) is 12.8. The van der Waals surface area contributed by atoms with Crippen molar-refractivity contribution in [2.24, 2.45) is 0 Å². The molecular formula is C21H23N3O5. The van der Waals surface area contributed by atoms with Gasteiger partial charge in [0.05, 0.1) is 20.8 Å². The summed E-state index contributed by atoms with van der Waals surface area (Å²) < 4.78 is 21.4. The lowest BCUT2D eigenvalue weighted by molar-refractivity contribution is -0.127. The highest BCUT2D eigenvalue weighted by Gasteiger charge is 2.17. The maximum atomic E-state index is 12.3. The first-order valence-electron chi connectivity index (χ1n) is 9.06. The van der Waals surface area contributed by atoms with Crippen LogP contribution >= 0.6 is 0 Å². The third-order valence-corrected chi connectivity index (χ3v) is 4.20. The molecule has 0 bridgehead atoms. The van der Waals surface area contributed by atoms with Gasteiger partial charge in [-0.3, -0.25) is 4.79 Å². The Kier molecular flexibility index (Phi) is 6.33. The molecule has 1 atom stereocenters. The molecule has 8 heteroatoms. The van der Waals surface area contributed by atoms with E-state index in [0.717, 1.165) is 5.56 Å². The summed E-state index contributed by atoms with van der Waals surface area (Å²) in [5, 5.41) is 6.69. The zero-order chi connectivity index (χ0) is 20.8. The van der Waals surface area contributed by atoms with Crippen LogP contribution in [0.4, 0.5) is 0 Å². The lowest BCUT2D eigenvalue weighted by atomic mass is 10.2. The van der Waals surface area contributed by atoms with Crippen LogP contribution in [0, 0.1) is 6.92 Å². The molecule has 8 nitrogen and oxygen atoms in total. The highest BCUT2D eigenvalue weighted by Crippen LogP contribution is 2.31. The number of hydrogen-bond donors (Lipinski definition) is 1. The van der Waals surface area contributed by atoms with Gasteiger partial charge in [-0.15, -0.1) is 0 Å². The van der Waals surface area contributed by atoms with Crippen LogP contribution in [-0.4, -0.2) is 36.4 Å². The van der Waals surface area contributed by atoms with Crippen LogP contribution in [0.3, 0.4) is 0 Å². The van der Waals surface area contributed by atoms with E-state index in [4.69, 9.17) is 18.7 Å². The summed E-state index contributed by atoms with van der Waals surface area (Å²) in [6.07, 6.45) is -0.662. The predicted molar refractivity (Wildman–Crippen MR) is 106 cm³/mol. The van der Waals surface area contributed by atoms with Crippen molar-refractivity contribution < 1.29 is 23.5 Å². The molecule has 0 aliphatic heterocycles. The van der Waals surface area contributed by atoms with Crippen LogP contribution in [0.5, 0.6) is 17.2 Å². The van der Waals surface area contributed by atoms with Crippen molar-refractivity contribution >= 4 is 5.91 Å². The van der Waals surface area contributed by atoms with Gasteiger partial charge in [0.2, 0.25) is 11.7 Å². The van der Waals surface area contributed by atoms with Gasteiger partial charge in [-0.1, -0.05) is 17.3 Å². The first-order valence-corrected chi connectivity index (χ1v) is 9.06. The Morgan fingerprint density at radius 2 is 1.93 bits per heavy atom. The van der Waals surface area contributed by atoms with E-state index in [2.05, 4.69) is 15.5 Å². The van der Waals surface area contributed by atoms with Gasteiger partial charge >= 0.3 is 0 Å². The number of carbonyl (C=O) groups excluding carboxylic acids is 1. The van der Waals surface area contributed by atoms with Crippen LogP contribution in [0.25, 0.3) is 11.4 Å². The summed E-state index contributed by atoms with van der Waals surface area (Å²) in [6.45, 7) is 3.74. The van der Waals surface area contributed by atoms with Gasteiger partial charge in [-0.05, 0) is 49.7 Å². The average Bonchev–Trinajstić information content (AvgIpc) is 3.20. The molecule has 0 unspecified atom stereocenters. The van der Waals surface area contributed by atoms with E-state index in [0.29, 0.717) is 28.6 Å². The Balaban J connectivity index is 1.59. The highest BCUT2D eigenvalue weighted by atomic mass is 16.5. The maximum absolute atomic E-state index is 12.3. The number of nitrogens with zero attached hydrogens (tertiary/aromatic N) is 2. The average molecular weight is 397 g/mol. The fourth-order valence-corrected chi connectivity index (χ4v) is 2.67. The van der Waals surface area contributed by atoms with Gasteiger partial charge in [0.1, 0.15) is 5.75 Å². The van der Waals surface area contributed by atoms with Gasteiger partial charge in [0.15, 0.2) is 17.6 Å². The van der Waals surface area contributed by atoms with Crippen molar-refractivity contribution in [2.45, 2.75) is 26.5 Å². The van der Waals surface area contributed by atoms with Crippen LogP contribution in [0.2, 0.25) is 0 Å². The second-order valence-electron chi connectivity index (χ2n) is 6.38. The number of methoxy groups -OCH3 is 2. The lowest BCUT2D eigenvalue weighted by Crippen LogP contribution is -2.36. The molecular weight excluding hydrogens is 374 g/mol. The number of amides is 1. The standard InChI is InChI=1S/C21H23N3O5/c1-13-6-5-7-16(10-13)28-14(2)21(25)22-12-19-23-20(24-29-19)15-8-9-17(26-3)18(11-15)27-4/h5-11,14H,12H2,1-4H3,(H,22,25)/t14-/m1/s1. The topological polar surface area (TPSA) is 95.7 Å². The Morgan fingerprint density at radius 3 is 2.66 bits per heavy atom. The number of hydrogen-bond acceptors (Lipinski definition) is 7. The molecule has 0 saturated carbocycles. The number of rotatable bonds is 8. The Bertz CT molecular complexity index is 986. The van der Waals surface area contributed by atoms with Crippen molar-refractivity contribution in [1.29, 1.82) is 0 Å². The molecule has 29 heavy (non-hydrogen) atoms. The quantitative estimate of drug-likeness (QED) is 0.624. The molecule has 0 fully saturated rings. The third kappa shape index (κ3) is 5.04. The van der Waals surface area contributed by atoms with Crippen molar-refractivity contribution in [2.75, 3.05) is 14.2 Å². The zero-order valence-electron chi connectivity index (χ0n) is 16.8. The van der Waals surface area contributed by atoms with Crippen LogP contribution in [0.15, 0.2) is 47.0 Å². The number of ether oxygens (including phenoxy) is 3. The van der Waals surface area contributed by atoms with Gasteiger partial charge in [-0.2, -0.15) is 4.98 Å². The molecule has 1 N–H and O–H groups in total. The Morgan fingerprint density at radius 1 is 1.14 bits per heavy atom. The summed E-state index contributed by atoms with van der Waals surface area (Å²) in [7, 11) is 3.12. The van der Waals surface area contributed by atoms with Gasteiger partial charge in [0, 0.05) is 5.56 Å². The van der Waals surface area contributed by atoms with Crippen LogP contribution in [-0.2, 0) is 11.3 Å². The SMILES string of the molecule is COc1ccc(-c2noc(CNC(=O)[C@@H](C)Oc3cccc(C)c3)n2)cc1OC. The van der Waals surface area contributed by atoms with Crippen molar-refractivity contribution in [3.05, 3.63) is 53.9 Å². The second kappa shape index (κ2) is 9.09. The molecule has 0 spiro atoms. The largest absolute Gasteiger partial charge is 0.493 e. The normalized spacial score (nSPS) is 11.6. The Hall–Kier alpha value is -3.55. The predicted octanol–water partition coefficient (Wildman–Crippen LogP) is 3.15. The molecule has 2 aromatic carbocycles. The van der Waals surface area contributed by atoms with Gasteiger partial charge < -0.3 is 24.1 Å². The van der Waals surface area contributed by atoms with Gasteiger partial charge in [-0.25, -0.2) is 0 Å². The molecule has 0 aliphatic carbocycles. The fourth-order valence-electron chi connectivity index (χ4n) is 2.67. The minimum atomic E-state index is -0.662. The van der Waals surface area contributed by atoms with E-state index in [9.17, 15) is 4.79 Å². The zero-order valence-corrected chi connectivity index (χ0v) is 16.8. The smallest absolute Gasteiger partial charge is 0.261 e. The summed E-state index contributed by atoms with van der Waals surface area (Å²) in [5.41, 5.74) is 1.77. The van der Waals surface area contributed by atoms with Crippen molar-refractivity contribution in [1.82, 2.24) is 15.5 Å². The lowest BCUT2D eigenvalue weighted by Gasteiger charge is -2.14. The van der Waals surface area contributed by atoms with Gasteiger partial charge in [0.25, 0.3) is 5.91 Å². The molecule has 1 amide bonds. The fraction of sp³-hybridized carbons (Fsp3) is 0.286. The van der Waals surface area contributed by atoms with Crippen molar-refractivity contribution in [3.63, 3.8) is 0 Å². The van der Waals surface area contributed by atoms with E-state index >= 15 is 0 Å². The summed E-state index contributed by atoms with van der Waals surface area (Å²) in [4.78, 5) is 16.6. The molecule has 152 valence electrons. The number of aryl methyl sites for hydroxylation is 1. The number of carbonyl (C=O) groups is 1. The first kappa shape index (κ1) is 20.2. The molecule has 0 radical (unpaired) electrons.